The van der Waals surface area contributed by atoms with Crippen molar-refractivity contribution in [1.29, 1.82) is 0 Å². The van der Waals surface area contributed by atoms with Crippen molar-refractivity contribution in [1.82, 2.24) is 39.7 Å². The second-order valence-electron chi connectivity index (χ2n) is 10.4. The van der Waals surface area contributed by atoms with Gasteiger partial charge in [-0.3, -0.25) is 19.1 Å². The van der Waals surface area contributed by atoms with Crippen molar-refractivity contribution in [2.24, 2.45) is 5.92 Å². The lowest BCUT2D eigenvalue weighted by molar-refractivity contribution is -0.142. The highest BCUT2D eigenvalue weighted by molar-refractivity contribution is 6.34. The van der Waals surface area contributed by atoms with Gasteiger partial charge in [-0.2, -0.15) is 18.3 Å². The molecule has 2 amide bonds. The molecule has 16 heteroatoms. The zero-order valence-corrected chi connectivity index (χ0v) is 23.4. The van der Waals surface area contributed by atoms with Gasteiger partial charge in [0.2, 0.25) is 5.91 Å². The van der Waals surface area contributed by atoms with Gasteiger partial charge in [-0.1, -0.05) is 11.6 Å². The molecule has 6 rings (SSSR count). The number of piperazine rings is 1. The van der Waals surface area contributed by atoms with E-state index in [-0.39, 0.29) is 45.1 Å². The number of carbonyl (C=O) groups excluding carboxylic acids is 2. The smallest absolute Gasteiger partial charge is 0.391 e. The number of aromatic nitrogens is 5. The summed E-state index contributed by atoms with van der Waals surface area (Å²) in [6, 6.07) is 4.78. The summed E-state index contributed by atoms with van der Waals surface area (Å²) < 4.78 is 41.7. The molecule has 2 fully saturated rings. The Morgan fingerprint density at radius 1 is 1.09 bits per heavy atom. The van der Waals surface area contributed by atoms with Crippen molar-refractivity contribution >= 4 is 40.6 Å². The molecule has 0 saturated carbocycles. The maximum atomic E-state index is 13.4. The molecule has 0 radical (unpaired) electrons. The first kappa shape index (κ1) is 28.9. The number of β-amino-alcohol motifs (C(OH)–C–C–N with tert-alkyl or cyclic N) is 1. The number of nitrogens with zero attached hydrogens (tertiary/aromatic N) is 6. The number of aromatic amines is 1. The normalized spacial score (nSPS) is 19.6. The van der Waals surface area contributed by atoms with E-state index in [1.807, 2.05) is 5.10 Å². The van der Waals surface area contributed by atoms with Gasteiger partial charge in [0.15, 0.2) is 11.5 Å². The van der Waals surface area contributed by atoms with Crippen molar-refractivity contribution in [3.8, 4) is 11.3 Å². The van der Waals surface area contributed by atoms with Crippen molar-refractivity contribution < 1.29 is 27.9 Å². The van der Waals surface area contributed by atoms with Crippen LogP contribution in [0.3, 0.4) is 0 Å². The van der Waals surface area contributed by atoms with Crippen molar-refractivity contribution in [3.63, 3.8) is 0 Å². The number of imidazole rings is 1. The lowest BCUT2D eigenvalue weighted by Crippen LogP contribution is -2.55. The molecule has 0 spiro atoms. The van der Waals surface area contributed by atoms with Gasteiger partial charge in [0.1, 0.15) is 5.69 Å². The summed E-state index contributed by atoms with van der Waals surface area (Å²) >= 11 is 6.51. The van der Waals surface area contributed by atoms with Gasteiger partial charge in [-0.25, -0.2) is 9.97 Å². The van der Waals surface area contributed by atoms with Crippen LogP contribution in [0.4, 0.5) is 24.7 Å². The molecule has 12 nitrogen and oxygen atoms in total. The third-order valence-electron chi connectivity index (χ3n) is 7.73. The highest BCUT2D eigenvalue weighted by Gasteiger charge is 2.37. The van der Waals surface area contributed by atoms with Crippen LogP contribution in [0.5, 0.6) is 0 Å². The predicted molar refractivity (Wildman–Crippen MR) is 150 cm³/mol. The molecular weight excluding hydrogens is 591 g/mol. The number of carbonyl (C=O) groups is 2. The number of benzene rings is 1. The number of aliphatic hydroxyl groups excluding tert-OH is 1. The van der Waals surface area contributed by atoms with Crippen molar-refractivity contribution in [2.45, 2.75) is 18.7 Å². The second-order valence-corrected chi connectivity index (χ2v) is 10.8. The number of hydrogen-bond donors (Lipinski definition) is 4. The number of halogens is 4. The number of alkyl halides is 3. The third-order valence-corrected chi connectivity index (χ3v) is 8.05. The fraction of sp³-hybridized carbons (Fsp3) is 0.370. The molecule has 3 aromatic heterocycles. The maximum absolute atomic E-state index is 13.4. The number of H-pyrrole nitrogens is 1. The zero-order chi connectivity index (χ0) is 30.3. The van der Waals surface area contributed by atoms with Crippen LogP contribution in [0, 0.1) is 5.92 Å². The fourth-order valence-electron chi connectivity index (χ4n) is 5.47. The first-order valence-corrected chi connectivity index (χ1v) is 14.0. The van der Waals surface area contributed by atoms with Gasteiger partial charge in [-0.05, 0) is 31.2 Å². The topological polar surface area (TPSA) is 144 Å². The molecule has 1 aromatic carbocycles. The van der Waals surface area contributed by atoms with E-state index in [0.717, 1.165) is 6.20 Å². The molecule has 4 aromatic rings. The molecule has 2 aliphatic rings. The number of aliphatic hydroxyl groups is 1. The lowest BCUT2D eigenvalue weighted by atomic mass is 9.93. The highest BCUT2D eigenvalue weighted by Crippen LogP contribution is 2.36. The van der Waals surface area contributed by atoms with Crippen LogP contribution in [0.1, 0.15) is 22.5 Å². The van der Waals surface area contributed by atoms with Gasteiger partial charge in [0, 0.05) is 50.8 Å². The predicted octanol–water partition coefficient (Wildman–Crippen LogP) is 2.79. The first-order chi connectivity index (χ1) is 20.6. The summed E-state index contributed by atoms with van der Waals surface area (Å²) in [6.45, 7) is 2.47. The Hall–Kier alpha value is -4.21. The maximum Gasteiger partial charge on any atom is 0.433 e. The van der Waals surface area contributed by atoms with E-state index in [0.29, 0.717) is 51.4 Å². The van der Waals surface area contributed by atoms with Gasteiger partial charge in [-0.15, -0.1) is 0 Å². The molecule has 43 heavy (non-hydrogen) atoms. The first-order valence-electron chi connectivity index (χ1n) is 13.6. The van der Waals surface area contributed by atoms with E-state index in [4.69, 9.17) is 11.6 Å². The fourth-order valence-corrected chi connectivity index (χ4v) is 5.73. The average molecular weight is 618 g/mol. The van der Waals surface area contributed by atoms with Crippen LogP contribution in [0.2, 0.25) is 5.02 Å². The van der Waals surface area contributed by atoms with Gasteiger partial charge < -0.3 is 25.5 Å². The molecule has 226 valence electrons. The molecule has 0 unspecified atom stereocenters. The zero-order valence-electron chi connectivity index (χ0n) is 22.6. The second kappa shape index (κ2) is 11.5. The van der Waals surface area contributed by atoms with E-state index in [9.17, 15) is 27.9 Å². The summed E-state index contributed by atoms with van der Waals surface area (Å²) in [6.07, 6.45) is 0.537. The van der Waals surface area contributed by atoms with Gasteiger partial charge in [0.25, 0.3) is 5.91 Å². The Morgan fingerprint density at radius 3 is 2.58 bits per heavy atom. The van der Waals surface area contributed by atoms with Crippen LogP contribution >= 0.6 is 11.6 Å². The minimum absolute atomic E-state index is 0.0895. The number of rotatable bonds is 5. The van der Waals surface area contributed by atoms with E-state index >= 15 is 0 Å². The molecule has 2 atom stereocenters. The van der Waals surface area contributed by atoms with Crippen molar-refractivity contribution in [3.05, 3.63) is 59.3 Å². The Labute approximate surface area is 247 Å². The van der Waals surface area contributed by atoms with E-state index < -0.39 is 23.9 Å². The molecule has 2 saturated heterocycles. The minimum atomic E-state index is -4.62. The Kier molecular flexibility index (Phi) is 7.70. The molecular formula is C27H27ClF3N9O3. The van der Waals surface area contributed by atoms with Crippen LogP contribution in [-0.2, 0) is 11.0 Å². The third kappa shape index (κ3) is 5.62. The van der Waals surface area contributed by atoms with Crippen LogP contribution < -0.4 is 10.6 Å². The monoisotopic (exact) mass is 617 g/mol. The van der Waals surface area contributed by atoms with Crippen LogP contribution in [0.15, 0.2) is 43.0 Å². The number of fused-ring (bicyclic) bond motifs is 1. The molecule has 4 N–H and O–H groups in total. The molecule has 0 bridgehead atoms. The summed E-state index contributed by atoms with van der Waals surface area (Å²) in [4.78, 5) is 38.0. The number of amides is 2. The van der Waals surface area contributed by atoms with Crippen LogP contribution in [0.25, 0.3) is 16.9 Å². The number of anilines is 2. The van der Waals surface area contributed by atoms with E-state index in [2.05, 4.69) is 25.7 Å². The SMILES string of the molecule is O=C(c1ccc(Nc2nccn3c(-c4cn[nH]c4C(F)(F)F)cnc23)cc1Cl)N1CCN(C(=O)[C@@H]2CCNC[C@H]2O)CC1. The van der Waals surface area contributed by atoms with E-state index in [1.165, 1.54) is 23.0 Å². The Bertz CT molecular complexity index is 1670. The quantitative estimate of drug-likeness (QED) is 0.268. The van der Waals surface area contributed by atoms with E-state index in [1.54, 1.807) is 28.0 Å². The minimum Gasteiger partial charge on any atom is -0.391 e. The van der Waals surface area contributed by atoms with Gasteiger partial charge in [0.05, 0.1) is 46.3 Å². The van der Waals surface area contributed by atoms with Crippen molar-refractivity contribution in [2.75, 3.05) is 44.6 Å². The Morgan fingerprint density at radius 2 is 1.86 bits per heavy atom. The summed E-state index contributed by atoms with van der Waals surface area (Å²) in [7, 11) is 0. The standard InChI is InChI=1S/C27H27ClF3N9O3/c28-19-11-15(36-23-24-34-13-20(40(24)6-5-33-23)18-12-35-37-22(18)27(29,30)31)1-2-16(19)25(42)38-7-9-39(10-8-38)26(43)17-3-4-32-14-21(17)41/h1-2,5-6,11-13,17,21,32,41H,3-4,7-10,14H2,(H,33,36)(H,35,37)/t17-,21-/m1/s1. The van der Waals surface area contributed by atoms with Crippen LogP contribution in [-0.4, -0.2) is 96.7 Å². The highest BCUT2D eigenvalue weighted by atomic mass is 35.5. The Balaban J connectivity index is 1.14. The summed E-state index contributed by atoms with van der Waals surface area (Å²) in [5.41, 5.74) is 0.0803. The summed E-state index contributed by atoms with van der Waals surface area (Å²) in [5, 5.41) is 22.1. The summed E-state index contributed by atoms with van der Waals surface area (Å²) in [5.74, 6) is -0.534. The number of hydrogen-bond acceptors (Lipinski definition) is 8. The largest absolute Gasteiger partial charge is 0.433 e. The molecule has 0 aliphatic carbocycles. The number of piperidine rings is 1. The molecule has 5 heterocycles. The average Bonchev–Trinajstić information content (AvgIpc) is 3.65. The molecule has 2 aliphatic heterocycles. The lowest BCUT2D eigenvalue weighted by Gasteiger charge is -2.38. The number of nitrogens with one attached hydrogen (secondary N) is 3. The van der Waals surface area contributed by atoms with Gasteiger partial charge >= 0.3 is 6.18 Å².